The molecule has 1 aliphatic carbocycles. The van der Waals surface area contributed by atoms with Crippen LogP contribution in [0.25, 0.3) is 10.8 Å². The molecule has 1 amide bonds. The van der Waals surface area contributed by atoms with Crippen molar-refractivity contribution in [1.29, 1.82) is 0 Å². The third-order valence-corrected chi connectivity index (χ3v) is 3.76. The fourth-order valence-electron chi connectivity index (χ4n) is 2.42. The van der Waals surface area contributed by atoms with Gasteiger partial charge in [0, 0.05) is 18.2 Å². The summed E-state index contributed by atoms with van der Waals surface area (Å²) in [5.74, 6) is 0.570. The average Bonchev–Trinajstić information content (AvgIpc) is 3.28. The molecule has 0 saturated heterocycles. The number of fused-ring (bicyclic) bond motifs is 1. The molecule has 0 bridgehead atoms. The maximum atomic E-state index is 12.2. The van der Waals surface area contributed by atoms with Crippen LogP contribution in [0.5, 0.6) is 0 Å². The maximum absolute atomic E-state index is 12.2. The Bertz CT molecular complexity index is 599. The lowest BCUT2D eigenvalue weighted by Crippen LogP contribution is -2.38. The summed E-state index contributed by atoms with van der Waals surface area (Å²) in [6, 6.07) is 13.8. The SMILES string of the molecule is NC(CNC(=O)c1cccc2ccccc12)C1CC1. The van der Waals surface area contributed by atoms with Crippen molar-refractivity contribution in [3.05, 3.63) is 48.0 Å². The van der Waals surface area contributed by atoms with Crippen LogP contribution in [-0.2, 0) is 0 Å². The van der Waals surface area contributed by atoms with E-state index in [0.29, 0.717) is 12.5 Å². The van der Waals surface area contributed by atoms with Gasteiger partial charge in [0.15, 0.2) is 0 Å². The molecule has 0 aliphatic heterocycles. The molecule has 0 aromatic heterocycles. The second-order valence-corrected chi connectivity index (χ2v) is 5.24. The van der Waals surface area contributed by atoms with Crippen LogP contribution >= 0.6 is 0 Å². The summed E-state index contributed by atoms with van der Waals surface area (Å²) < 4.78 is 0. The Hall–Kier alpha value is -1.87. The van der Waals surface area contributed by atoms with E-state index in [-0.39, 0.29) is 11.9 Å². The Morgan fingerprint density at radius 2 is 1.95 bits per heavy atom. The van der Waals surface area contributed by atoms with Crippen molar-refractivity contribution in [1.82, 2.24) is 5.32 Å². The molecule has 3 rings (SSSR count). The first-order valence-electron chi connectivity index (χ1n) is 6.77. The van der Waals surface area contributed by atoms with E-state index in [1.807, 2.05) is 42.5 Å². The van der Waals surface area contributed by atoms with Crippen LogP contribution in [0, 0.1) is 5.92 Å². The van der Waals surface area contributed by atoms with Crippen LogP contribution < -0.4 is 11.1 Å². The van der Waals surface area contributed by atoms with Crippen LogP contribution in [0.2, 0.25) is 0 Å². The van der Waals surface area contributed by atoms with Crippen LogP contribution in [0.15, 0.2) is 42.5 Å². The molecule has 98 valence electrons. The molecule has 1 fully saturated rings. The molecule has 3 heteroatoms. The summed E-state index contributed by atoms with van der Waals surface area (Å²) in [5.41, 5.74) is 6.73. The number of nitrogens with two attached hydrogens (primary N) is 1. The van der Waals surface area contributed by atoms with Gasteiger partial charge in [-0.05, 0) is 35.6 Å². The Balaban J connectivity index is 1.77. The monoisotopic (exact) mass is 254 g/mol. The van der Waals surface area contributed by atoms with Crippen molar-refractivity contribution in [2.75, 3.05) is 6.54 Å². The maximum Gasteiger partial charge on any atom is 0.251 e. The molecule has 2 aromatic rings. The normalized spacial score (nSPS) is 16.3. The Kier molecular flexibility index (Phi) is 3.22. The van der Waals surface area contributed by atoms with Crippen LogP contribution in [0.4, 0.5) is 0 Å². The second-order valence-electron chi connectivity index (χ2n) is 5.24. The first kappa shape index (κ1) is 12.2. The van der Waals surface area contributed by atoms with E-state index >= 15 is 0 Å². The lowest BCUT2D eigenvalue weighted by atomic mass is 10.0. The minimum atomic E-state index is -0.0344. The van der Waals surface area contributed by atoms with Gasteiger partial charge in [-0.3, -0.25) is 4.79 Å². The molecule has 0 radical (unpaired) electrons. The zero-order valence-corrected chi connectivity index (χ0v) is 10.8. The van der Waals surface area contributed by atoms with Gasteiger partial charge in [-0.25, -0.2) is 0 Å². The number of carbonyl (C=O) groups excluding carboxylic acids is 1. The smallest absolute Gasteiger partial charge is 0.251 e. The highest BCUT2D eigenvalue weighted by Crippen LogP contribution is 2.31. The van der Waals surface area contributed by atoms with Crippen LogP contribution in [0.3, 0.4) is 0 Å². The van der Waals surface area contributed by atoms with Gasteiger partial charge >= 0.3 is 0 Å². The number of hydrogen-bond donors (Lipinski definition) is 2. The molecule has 3 N–H and O–H groups in total. The van der Waals surface area contributed by atoms with E-state index in [2.05, 4.69) is 5.32 Å². The van der Waals surface area contributed by atoms with Gasteiger partial charge in [0.05, 0.1) is 0 Å². The van der Waals surface area contributed by atoms with Crippen molar-refractivity contribution in [2.24, 2.45) is 11.7 Å². The first-order chi connectivity index (χ1) is 9.25. The van der Waals surface area contributed by atoms with Gasteiger partial charge < -0.3 is 11.1 Å². The molecule has 0 spiro atoms. The van der Waals surface area contributed by atoms with Crippen molar-refractivity contribution < 1.29 is 4.79 Å². The topological polar surface area (TPSA) is 55.1 Å². The third-order valence-electron chi connectivity index (χ3n) is 3.76. The standard InChI is InChI=1S/C16H18N2O/c17-15(12-8-9-12)10-18-16(19)14-7-3-5-11-4-1-2-6-13(11)14/h1-7,12,15H,8-10,17H2,(H,18,19). The summed E-state index contributed by atoms with van der Waals surface area (Å²) in [4.78, 5) is 12.2. The largest absolute Gasteiger partial charge is 0.350 e. The number of carbonyl (C=O) groups is 1. The molecule has 1 unspecified atom stereocenters. The van der Waals surface area contributed by atoms with Crippen LogP contribution in [-0.4, -0.2) is 18.5 Å². The van der Waals surface area contributed by atoms with Gasteiger partial charge in [-0.2, -0.15) is 0 Å². The van der Waals surface area contributed by atoms with Gasteiger partial charge in [0.25, 0.3) is 5.91 Å². The molecular formula is C16H18N2O. The fourth-order valence-corrected chi connectivity index (χ4v) is 2.42. The number of nitrogens with one attached hydrogen (secondary N) is 1. The lowest BCUT2D eigenvalue weighted by Gasteiger charge is -2.12. The zero-order valence-electron chi connectivity index (χ0n) is 10.8. The Morgan fingerprint density at radius 1 is 1.21 bits per heavy atom. The quantitative estimate of drug-likeness (QED) is 0.879. The van der Waals surface area contributed by atoms with Gasteiger partial charge in [0.2, 0.25) is 0 Å². The van der Waals surface area contributed by atoms with Crippen molar-refractivity contribution in [2.45, 2.75) is 18.9 Å². The Morgan fingerprint density at radius 3 is 2.74 bits per heavy atom. The van der Waals surface area contributed by atoms with Crippen LogP contribution in [0.1, 0.15) is 23.2 Å². The summed E-state index contributed by atoms with van der Waals surface area (Å²) >= 11 is 0. The van der Waals surface area contributed by atoms with Gasteiger partial charge in [-0.15, -0.1) is 0 Å². The van der Waals surface area contributed by atoms with E-state index in [0.717, 1.165) is 16.3 Å². The highest BCUT2D eigenvalue weighted by atomic mass is 16.1. The molecule has 2 aromatic carbocycles. The summed E-state index contributed by atoms with van der Waals surface area (Å²) in [7, 11) is 0. The zero-order chi connectivity index (χ0) is 13.2. The van der Waals surface area contributed by atoms with Crippen molar-refractivity contribution in [3.63, 3.8) is 0 Å². The molecule has 1 saturated carbocycles. The number of hydrogen-bond acceptors (Lipinski definition) is 2. The highest BCUT2D eigenvalue weighted by Gasteiger charge is 2.28. The molecule has 19 heavy (non-hydrogen) atoms. The number of amides is 1. The predicted molar refractivity (Wildman–Crippen MR) is 77.0 cm³/mol. The van der Waals surface area contributed by atoms with E-state index in [9.17, 15) is 4.79 Å². The predicted octanol–water partition coefficient (Wildman–Crippen LogP) is 2.31. The van der Waals surface area contributed by atoms with E-state index < -0.39 is 0 Å². The minimum absolute atomic E-state index is 0.0344. The third kappa shape index (κ3) is 2.61. The molecule has 0 heterocycles. The number of rotatable bonds is 4. The molecule has 1 atom stereocenters. The highest BCUT2D eigenvalue weighted by molar-refractivity contribution is 6.06. The molecule has 3 nitrogen and oxygen atoms in total. The number of benzene rings is 2. The van der Waals surface area contributed by atoms with Crippen molar-refractivity contribution in [3.8, 4) is 0 Å². The van der Waals surface area contributed by atoms with Gasteiger partial charge in [-0.1, -0.05) is 36.4 Å². The molecule has 1 aliphatic rings. The van der Waals surface area contributed by atoms with E-state index in [1.54, 1.807) is 0 Å². The Labute approximate surface area is 112 Å². The first-order valence-corrected chi connectivity index (χ1v) is 6.77. The minimum Gasteiger partial charge on any atom is -0.350 e. The van der Waals surface area contributed by atoms with Gasteiger partial charge in [0.1, 0.15) is 0 Å². The van der Waals surface area contributed by atoms with E-state index in [1.165, 1.54) is 12.8 Å². The second kappa shape index (κ2) is 5.02. The summed E-state index contributed by atoms with van der Waals surface area (Å²) in [6.45, 7) is 0.562. The average molecular weight is 254 g/mol. The van der Waals surface area contributed by atoms with Crippen molar-refractivity contribution >= 4 is 16.7 Å². The summed E-state index contributed by atoms with van der Waals surface area (Å²) in [5, 5.41) is 5.02. The molecular weight excluding hydrogens is 236 g/mol. The lowest BCUT2D eigenvalue weighted by molar-refractivity contribution is 0.0952. The van der Waals surface area contributed by atoms with E-state index in [4.69, 9.17) is 5.73 Å². The fraction of sp³-hybridized carbons (Fsp3) is 0.312. The summed E-state index contributed by atoms with van der Waals surface area (Å²) in [6.07, 6.45) is 2.40.